The Labute approximate surface area is 115 Å². The van der Waals surface area contributed by atoms with Crippen molar-refractivity contribution in [2.45, 2.75) is 11.3 Å². The Kier molecular flexibility index (Phi) is 3.73. The molecule has 2 rings (SSSR count). The summed E-state index contributed by atoms with van der Waals surface area (Å²) in [6, 6.07) is 3.20. The molecular weight excluding hydrogens is 286 g/mol. The molecule has 8 nitrogen and oxygen atoms in total. The first-order chi connectivity index (χ1) is 9.39. The lowest BCUT2D eigenvalue weighted by atomic mass is 10.2. The van der Waals surface area contributed by atoms with Crippen LogP contribution in [0.3, 0.4) is 0 Å². The zero-order chi connectivity index (χ0) is 14.9. The number of carbonyl (C=O) groups excluding carboxylic acids is 1. The summed E-state index contributed by atoms with van der Waals surface area (Å²) < 4.78 is 25.1. The Balaban J connectivity index is 2.39. The van der Waals surface area contributed by atoms with E-state index in [1.54, 1.807) is 7.05 Å². The number of nitro groups is 1. The fourth-order valence-corrected chi connectivity index (χ4v) is 3.59. The van der Waals surface area contributed by atoms with E-state index in [9.17, 15) is 23.3 Å². The van der Waals surface area contributed by atoms with Crippen molar-refractivity contribution in [3.05, 3.63) is 33.9 Å². The first kappa shape index (κ1) is 14.4. The number of sulfonamides is 1. The van der Waals surface area contributed by atoms with Crippen molar-refractivity contribution in [3.8, 4) is 0 Å². The number of nitro benzene ring substituents is 1. The van der Waals surface area contributed by atoms with Gasteiger partial charge in [-0.15, -0.1) is 0 Å². The zero-order valence-electron chi connectivity index (χ0n) is 10.7. The monoisotopic (exact) mass is 299 g/mol. The van der Waals surface area contributed by atoms with E-state index in [0.717, 1.165) is 22.5 Å². The van der Waals surface area contributed by atoms with E-state index in [0.29, 0.717) is 13.0 Å². The van der Waals surface area contributed by atoms with Gasteiger partial charge in [0.05, 0.1) is 10.5 Å². The molecule has 0 unspecified atom stereocenters. The van der Waals surface area contributed by atoms with Crippen molar-refractivity contribution in [1.82, 2.24) is 9.62 Å². The Morgan fingerprint density at radius 3 is 2.70 bits per heavy atom. The van der Waals surface area contributed by atoms with Gasteiger partial charge in [-0.2, -0.15) is 0 Å². The first-order valence-corrected chi connectivity index (χ1v) is 7.33. The standard InChI is InChI=1S/C11H13N3O5S/c1-12-5-2-6-13-11(15)9-7-8(14(16)17)3-4-10(9)20(13,18)19/h3-4,7,12H,2,5-6H2,1H3. The quantitative estimate of drug-likeness (QED) is 0.477. The molecule has 108 valence electrons. The van der Waals surface area contributed by atoms with Crippen molar-refractivity contribution in [3.63, 3.8) is 0 Å². The first-order valence-electron chi connectivity index (χ1n) is 5.89. The molecule has 0 aromatic heterocycles. The van der Waals surface area contributed by atoms with Gasteiger partial charge in [-0.05, 0) is 26.1 Å². The van der Waals surface area contributed by atoms with Crippen LogP contribution in [0.15, 0.2) is 23.1 Å². The van der Waals surface area contributed by atoms with Crippen LogP contribution in [0.5, 0.6) is 0 Å². The number of rotatable bonds is 5. The highest BCUT2D eigenvalue weighted by molar-refractivity contribution is 7.90. The third-order valence-electron chi connectivity index (χ3n) is 2.99. The van der Waals surface area contributed by atoms with E-state index in [1.165, 1.54) is 0 Å². The Hall–Kier alpha value is -2.00. The molecular formula is C11H13N3O5S. The second kappa shape index (κ2) is 5.17. The third kappa shape index (κ3) is 2.25. The summed E-state index contributed by atoms with van der Waals surface area (Å²) in [6.45, 7) is 0.611. The van der Waals surface area contributed by atoms with Crippen LogP contribution < -0.4 is 5.32 Å². The summed E-state index contributed by atoms with van der Waals surface area (Å²) in [4.78, 5) is 21.9. The van der Waals surface area contributed by atoms with Crippen molar-refractivity contribution in [1.29, 1.82) is 0 Å². The lowest BCUT2D eigenvalue weighted by Crippen LogP contribution is -2.32. The van der Waals surface area contributed by atoms with Crippen molar-refractivity contribution in [2.24, 2.45) is 0 Å². The maximum atomic E-state index is 12.2. The minimum atomic E-state index is -3.89. The number of fused-ring (bicyclic) bond motifs is 1. The normalized spacial score (nSPS) is 16.2. The summed E-state index contributed by atoms with van der Waals surface area (Å²) in [5.74, 6) is -0.709. The number of nitrogens with zero attached hydrogens (tertiary/aromatic N) is 2. The van der Waals surface area contributed by atoms with Gasteiger partial charge >= 0.3 is 0 Å². The van der Waals surface area contributed by atoms with Crippen LogP contribution in [0.2, 0.25) is 0 Å². The summed E-state index contributed by atoms with van der Waals surface area (Å²) in [7, 11) is -2.16. The number of non-ortho nitro benzene ring substituents is 1. The number of benzene rings is 1. The Morgan fingerprint density at radius 1 is 1.40 bits per heavy atom. The lowest BCUT2D eigenvalue weighted by molar-refractivity contribution is -0.384. The number of hydrogen-bond donors (Lipinski definition) is 1. The van der Waals surface area contributed by atoms with Crippen LogP contribution in [0.1, 0.15) is 16.8 Å². The van der Waals surface area contributed by atoms with Crippen LogP contribution >= 0.6 is 0 Å². The van der Waals surface area contributed by atoms with Gasteiger partial charge in [0, 0.05) is 18.7 Å². The molecule has 20 heavy (non-hydrogen) atoms. The van der Waals surface area contributed by atoms with Crippen LogP contribution in [0.4, 0.5) is 5.69 Å². The topological polar surface area (TPSA) is 110 Å². The third-order valence-corrected chi connectivity index (χ3v) is 4.83. The molecule has 1 aromatic rings. The molecule has 1 amide bonds. The second-order valence-electron chi connectivity index (χ2n) is 4.28. The predicted molar refractivity (Wildman–Crippen MR) is 69.9 cm³/mol. The molecule has 0 saturated heterocycles. The summed E-state index contributed by atoms with van der Waals surface area (Å²) >= 11 is 0. The van der Waals surface area contributed by atoms with Gasteiger partial charge < -0.3 is 5.32 Å². The molecule has 1 N–H and O–H groups in total. The molecule has 0 spiro atoms. The van der Waals surface area contributed by atoms with E-state index >= 15 is 0 Å². The van der Waals surface area contributed by atoms with E-state index in [2.05, 4.69) is 5.32 Å². The number of hydrogen-bond acceptors (Lipinski definition) is 6. The summed E-state index contributed by atoms with van der Waals surface area (Å²) in [5, 5.41) is 13.5. The maximum Gasteiger partial charge on any atom is 0.270 e. The largest absolute Gasteiger partial charge is 0.320 e. The van der Waals surface area contributed by atoms with Gasteiger partial charge in [-0.3, -0.25) is 14.9 Å². The van der Waals surface area contributed by atoms with Crippen LogP contribution in [0, 0.1) is 10.1 Å². The maximum absolute atomic E-state index is 12.2. The van der Waals surface area contributed by atoms with E-state index < -0.39 is 20.9 Å². The van der Waals surface area contributed by atoms with E-state index in [-0.39, 0.29) is 22.7 Å². The molecule has 0 fully saturated rings. The molecule has 0 radical (unpaired) electrons. The highest BCUT2D eigenvalue weighted by atomic mass is 32.2. The van der Waals surface area contributed by atoms with Gasteiger partial charge in [0.15, 0.2) is 0 Å². The molecule has 1 heterocycles. The lowest BCUT2D eigenvalue weighted by Gasteiger charge is -2.14. The number of nitrogens with one attached hydrogen (secondary N) is 1. The van der Waals surface area contributed by atoms with Gasteiger partial charge in [-0.25, -0.2) is 12.7 Å². The predicted octanol–water partition coefficient (Wildman–Crippen LogP) is 0.349. The average Bonchev–Trinajstić information content (AvgIpc) is 2.59. The molecule has 1 aliphatic rings. The van der Waals surface area contributed by atoms with Gasteiger partial charge in [-0.1, -0.05) is 0 Å². The molecule has 9 heteroatoms. The van der Waals surface area contributed by atoms with Crippen molar-refractivity contribution >= 4 is 21.6 Å². The van der Waals surface area contributed by atoms with Crippen molar-refractivity contribution < 1.29 is 18.1 Å². The highest BCUT2D eigenvalue weighted by Gasteiger charge is 2.41. The molecule has 0 bridgehead atoms. The SMILES string of the molecule is CNCCCN1C(=O)c2cc([N+](=O)[O-])ccc2S1(=O)=O. The van der Waals surface area contributed by atoms with E-state index in [4.69, 9.17) is 0 Å². The molecule has 0 saturated carbocycles. The fraction of sp³-hybridized carbons (Fsp3) is 0.364. The highest BCUT2D eigenvalue weighted by Crippen LogP contribution is 2.32. The second-order valence-corrected chi connectivity index (χ2v) is 6.11. The van der Waals surface area contributed by atoms with Gasteiger partial charge in [0.2, 0.25) is 0 Å². The van der Waals surface area contributed by atoms with Crippen LogP contribution in [-0.2, 0) is 10.0 Å². The summed E-state index contributed by atoms with van der Waals surface area (Å²) in [6.07, 6.45) is 0.470. The summed E-state index contributed by atoms with van der Waals surface area (Å²) in [5.41, 5.74) is -0.437. The Bertz CT molecular complexity index is 671. The van der Waals surface area contributed by atoms with Gasteiger partial charge in [0.25, 0.3) is 21.6 Å². The molecule has 1 aliphatic heterocycles. The smallest absolute Gasteiger partial charge is 0.270 e. The van der Waals surface area contributed by atoms with E-state index in [1.807, 2.05) is 0 Å². The fourth-order valence-electron chi connectivity index (χ4n) is 2.01. The zero-order valence-corrected chi connectivity index (χ0v) is 11.5. The molecule has 1 aromatic carbocycles. The average molecular weight is 299 g/mol. The van der Waals surface area contributed by atoms with Crippen LogP contribution in [0.25, 0.3) is 0 Å². The Morgan fingerprint density at radius 2 is 2.10 bits per heavy atom. The van der Waals surface area contributed by atoms with Crippen LogP contribution in [-0.4, -0.2) is 43.7 Å². The minimum Gasteiger partial charge on any atom is -0.320 e. The minimum absolute atomic E-state index is 0.0461. The van der Waals surface area contributed by atoms with Gasteiger partial charge in [0.1, 0.15) is 4.90 Å². The molecule has 0 aliphatic carbocycles. The number of amides is 1. The molecule has 0 atom stereocenters. The number of carbonyl (C=O) groups is 1. The van der Waals surface area contributed by atoms with Crippen molar-refractivity contribution in [2.75, 3.05) is 20.1 Å².